The Morgan fingerprint density at radius 3 is 2.92 bits per heavy atom. The normalized spacial score (nSPS) is 15.1. The molecule has 128 valence electrons. The summed E-state index contributed by atoms with van der Waals surface area (Å²) in [5, 5.41) is 13.9. The van der Waals surface area contributed by atoms with Crippen molar-refractivity contribution in [2.45, 2.75) is 12.5 Å². The lowest BCUT2D eigenvalue weighted by Crippen LogP contribution is -2.38. The lowest BCUT2D eigenvalue weighted by Gasteiger charge is -2.24. The van der Waals surface area contributed by atoms with Crippen molar-refractivity contribution in [1.29, 1.82) is 0 Å². The molecule has 6 nitrogen and oxygen atoms in total. The molecule has 0 radical (unpaired) electrons. The maximum atomic E-state index is 12.4. The third kappa shape index (κ3) is 3.04. The largest absolute Gasteiger partial charge is 0.454 e. The first-order valence-electron chi connectivity index (χ1n) is 7.79. The maximum absolute atomic E-state index is 12.4. The fourth-order valence-electron chi connectivity index (χ4n) is 2.63. The van der Waals surface area contributed by atoms with Crippen molar-refractivity contribution in [2.75, 3.05) is 13.3 Å². The first kappa shape index (κ1) is 15.9. The van der Waals surface area contributed by atoms with Crippen molar-refractivity contribution in [3.63, 3.8) is 0 Å². The number of carbonyl (C=O) groups excluding carboxylic acids is 1. The first-order chi connectivity index (χ1) is 12.0. The molecule has 0 unspecified atom stereocenters. The van der Waals surface area contributed by atoms with Gasteiger partial charge in [0.15, 0.2) is 16.5 Å². The van der Waals surface area contributed by atoms with Crippen LogP contribution < -0.4 is 14.8 Å². The van der Waals surface area contributed by atoms with Gasteiger partial charge in [-0.3, -0.25) is 4.79 Å². The van der Waals surface area contributed by atoms with Crippen LogP contribution in [0.25, 0.3) is 10.2 Å². The SMILES string of the molecule is C[C@@](O)(CNC(=O)c1nc2ccccc2s1)c1ccc2c(c1)OCO2. The fourth-order valence-corrected chi connectivity index (χ4v) is 3.51. The van der Waals surface area contributed by atoms with Crippen molar-refractivity contribution >= 4 is 27.5 Å². The summed E-state index contributed by atoms with van der Waals surface area (Å²) in [6.45, 7) is 1.87. The van der Waals surface area contributed by atoms with Crippen molar-refractivity contribution in [3.8, 4) is 11.5 Å². The summed E-state index contributed by atoms with van der Waals surface area (Å²) in [6, 6.07) is 12.8. The molecule has 2 aromatic carbocycles. The molecule has 25 heavy (non-hydrogen) atoms. The van der Waals surface area contributed by atoms with E-state index in [2.05, 4.69) is 10.3 Å². The number of aromatic nitrogens is 1. The Morgan fingerprint density at radius 2 is 2.08 bits per heavy atom. The van der Waals surface area contributed by atoms with Crippen molar-refractivity contribution in [2.24, 2.45) is 0 Å². The van der Waals surface area contributed by atoms with Gasteiger partial charge in [0.2, 0.25) is 6.79 Å². The number of amides is 1. The van der Waals surface area contributed by atoms with Crippen molar-refractivity contribution in [1.82, 2.24) is 10.3 Å². The number of aliphatic hydroxyl groups is 1. The van der Waals surface area contributed by atoms with Gasteiger partial charge in [-0.25, -0.2) is 4.98 Å². The average molecular weight is 356 g/mol. The van der Waals surface area contributed by atoms with E-state index in [0.29, 0.717) is 22.1 Å². The zero-order chi connectivity index (χ0) is 17.4. The van der Waals surface area contributed by atoms with Crippen LogP contribution in [-0.4, -0.2) is 29.3 Å². The number of thiazole rings is 1. The summed E-state index contributed by atoms with van der Waals surface area (Å²) in [5.41, 5.74) is 0.189. The fraction of sp³-hybridized carbons (Fsp3) is 0.222. The third-order valence-electron chi connectivity index (χ3n) is 4.08. The van der Waals surface area contributed by atoms with E-state index in [1.54, 1.807) is 25.1 Å². The van der Waals surface area contributed by atoms with Gasteiger partial charge >= 0.3 is 0 Å². The molecule has 1 aromatic heterocycles. The predicted molar refractivity (Wildman–Crippen MR) is 94.1 cm³/mol. The highest BCUT2D eigenvalue weighted by atomic mass is 32.1. The van der Waals surface area contributed by atoms with E-state index in [-0.39, 0.29) is 19.2 Å². The molecule has 0 spiro atoms. The maximum Gasteiger partial charge on any atom is 0.280 e. The Balaban J connectivity index is 1.48. The standard InChI is InChI=1S/C18H16N2O4S/c1-18(22,11-6-7-13-14(8-11)24-10-23-13)9-19-16(21)17-20-12-4-2-3-5-15(12)25-17/h2-8,22H,9-10H2,1H3,(H,19,21)/t18-/m1/s1. The minimum absolute atomic E-state index is 0.0569. The minimum Gasteiger partial charge on any atom is -0.454 e. The van der Waals surface area contributed by atoms with E-state index in [1.807, 2.05) is 24.3 Å². The highest BCUT2D eigenvalue weighted by Gasteiger charge is 2.27. The number of para-hydroxylation sites is 1. The topological polar surface area (TPSA) is 80.7 Å². The lowest BCUT2D eigenvalue weighted by atomic mass is 9.95. The van der Waals surface area contributed by atoms with Gasteiger partial charge < -0.3 is 19.9 Å². The Hall–Kier alpha value is -2.64. The molecule has 0 fully saturated rings. The van der Waals surface area contributed by atoms with Crippen LogP contribution in [0.15, 0.2) is 42.5 Å². The minimum atomic E-state index is -1.24. The van der Waals surface area contributed by atoms with Crippen LogP contribution in [-0.2, 0) is 5.60 Å². The number of benzene rings is 2. The van der Waals surface area contributed by atoms with Gasteiger partial charge in [-0.05, 0) is 36.8 Å². The number of hydrogen-bond donors (Lipinski definition) is 2. The Morgan fingerprint density at radius 1 is 1.28 bits per heavy atom. The number of nitrogens with one attached hydrogen (secondary N) is 1. The van der Waals surface area contributed by atoms with Gasteiger partial charge in [0.25, 0.3) is 5.91 Å². The monoisotopic (exact) mass is 356 g/mol. The van der Waals surface area contributed by atoms with Gasteiger partial charge in [-0.2, -0.15) is 0 Å². The molecule has 2 heterocycles. The number of carbonyl (C=O) groups is 1. The van der Waals surface area contributed by atoms with E-state index in [1.165, 1.54) is 11.3 Å². The number of nitrogens with zero attached hydrogens (tertiary/aromatic N) is 1. The highest BCUT2D eigenvalue weighted by molar-refractivity contribution is 7.20. The Labute approximate surface area is 148 Å². The molecule has 3 aromatic rings. The van der Waals surface area contributed by atoms with Gasteiger partial charge in [-0.15, -0.1) is 11.3 Å². The summed E-state index contributed by atoms with van der Waals surface area (Å²) >= 11 is 1.33. The molecular formula is C18H16N2O4S. The lowest BCUT2D eigenvalue weighted by molar-refractivity contribution is 0.0525. The molecule has 0 saturated carbocycles. The van der Waals surface area contributed by atoms with Crippen molar-refractivity contribution in [3.05, 3.63) is 53.0 Å². The number of hydrogen-bond acceptors (Lipinski definition) is 6. The molecule has 0 bridgehead atoms. The number of rotatable bonds is 4. The van der Waals surface area contributed by atoms with Crippen LogP contribution in [0.4, 0.5) is 0 Å². The molecule has 0 aliphatic carbocycles. The van der Waals surface area contributed by atoms with E-state index in [9.17, 15) is 9.90 Å². The molecule has 7 heteroatoms. The van der Waals surface area contributed by atoms with Crippen LogP contribution in [0.3, 0.4) is 0 Å². The molecule has 2 N–H and O–H groups in total. The van der Waals surface area contributed by atoms with Crippen LogP contribution >= 0.6 is 11.3 Å². The average Bonchev–Trinajstić information content (AvgIpc) is 3.25. The zero-order valence-electron chi connectivity index (χ0n) is 13.5. The number of ether oxygens (including phenoxy) is 2. The van der Waals surface area contributed by atoms with Gasteiger partial charge in [-0.1, -0.05) is 18.2 Å². The van der Waals surface area contributed by atoms with Crippen LogP contribution in [0.2, 0.25) is 0 Å². The van der Waals surface area contributed by atoms with E-state index >= 15 is 0 Å². The van der Waals surface area contributed by atoms with Crippen LogP contribution in [0.5, 0.6) is 11.5 Å². The second kappa shape index (κ2) is 6.02. The molecule has 1 aliphatic heterocycles. The van der Waals surface area contributed by atoms with Crippen LogP contribution in [0, 0.1) is 0 Å². The number of fused-ring (bicyclic) bond motifs is 2. The summed E-state index contributed by atoms with van der Waals surface area (Å²) in [6.07, 6.45) is 0. The first-order valence-corrected chi connectivity index (χ1v) is 8.61. The van der Waals surface area contributed by atoms with E-state index < -0.39 is 5.60 Å². The van der Waals surface area contributed by atoms with Gasteiger partial charge in [0.05, 0.1) is 16.8 Å². The molecule has 4 rings (SSSR count). The molecule has 1 aliphatic rings. The smallest absolute Gasteiger partial charge is 0.280 e. The Kier molecular flexibility index (Phi) is 3.82. The van der Waals surface area contributed by atoms with Gasteiger partial charge in [0, 0.05) is 0 Å². The summed E-state index contributed by atoms with van der Waals surface area (Å²) in [7, 11) is 0. The summed E-state index contributed by atoms with van der Waals surface area (Å²) in [5.74, 6) is 0.940. The van der Waals surface area contributed by atoms with Gasteiger partial charge in [0.1, 0.15) is 5.60 Å². The molecule has 1 amide bonds. The van der Waals surface area contributed by atoms with Crippen LogP contribution in [0.1, 0.15) is 22.3 Å². The Bertz CT molecular complexity index is 918. The molecular weight excluding hydrogens is 340 g/mol. The molecule has 1 atom stereocenters. The highest BCUT2D eigenvalue weighted by Crippen LogP contribution is 2.35. The van der Waals surface area contributed by atoms with E-state index in [4.69, 9.17) is 9.47 Å². The second-order valence-electron chi connectivity index (χ2n) is 6.01. The molecule has 0 saturated heterocycles. The summed E-state index contributed by atoms with van der Waals surface area (Å²) in [4.78, 5) is 16.7. The van der Waals surface area contributed by atoms with Crippen molar-refractivity contribution < 1.29 is 19.4 Å². The third-order valence-corrected chi connectivity index (χ3v) is 5.11. The predicted octanol–water partition coefficient (Wildman–Crippen LogP) is 2.66. The zero-order valence-corrected chi connectivity index (χ0v) is 14.3. The second-order valence-corrected chi connectivity index (χ2v) is 7.04. The van der Waals surface area contributed by atoms with E-state index in [0.717, 1.165) is 10.2 Å². The quantitative estimate of drug-likeness (QED) is 0.751. The summed E-state index contributed by atoms with van der Waals surface area (Å²) < 4.78 is 11.6.